The van der Waals surface area contributed by atoms with Gasteiger partial charge in [-0.2, -0.15) is 0 Å². The Morgan fingerprint density at radius 2 is 1.95 bits per heavy atom. The molecule has 2 unspecified atom stereocenters. The third kappa shape index (κ3) is 4.09. The van der Waals surface area contributed by atoms with E-state index in [0.717, 1.165) is 43.1 Å². The Morgan fingerprint density at radius 1 is 1.29 bits per heavy atom. The average molecular weight is 294 g/mol. The van der Waals surface area contributed by atoms with Crippen LogP contribution >= 0.6 is 0 Å². The van der Waals surface area contributed by atoms with Crippen LogP contribution in [0.4, 0.5) is 0 Å². The summed E-state index contributed by atoms with van der Waals surface area (Å²) in [4.78, 5) is 2.25. The highest BCUT2D eigenvalue weighted by atomic mass is 16.5. The van der Waals surface area contributed by atoms with Crippen LogP contribution in [0.15, 0.2) is 18.2 Å². The smallest absolute Gasteiger partial charge is 0.122 e. The van der Waals surface area contributed by atoms with Gasteiger partial charge in [0.25, 0.3) is 0 Å². The van der Waals surface area contributed by atoms with E-state index >= 15 is 0 Å². The maximum atomic E-state index is 6.00. The van der Waals surface area contributed by atoms with Gasteiger partial charge >= 0.3 is 0 Å². The van der Waals surface area contributed by atoms with Gasteiger partial charge in [-0.3, -0.25) is 4.90 Å². The lowest BCUT2D eigenvalue weighted by atomic mass is 10.0. The molecule has 5 heteroatoms. The second-order valence-electron chi connectivity index (χ2n) is 5.47. The highest BCUT2D eigenvalue weighted by Gasteiger charge is 2.23. The van der Waals surface area contributed by atoms with Crippen molar-refractivity contribution in [3.63, 3.8) is 0 Å². The molecule has 0 aliphatic carbocycles. The van der Waals surface area contributed by atoms with E-state index < -0.39 is 0 Å². The lowest BCUT2D eigenvalue weighted by molar-refractivity contribution is 0.0689. The van der Waals surface area contributed by atoms with Crippen molar-refractivity contribution >= 4 is 0 Å². The Kier molecular flexibility index (Phi) is 5.85. The molecule has 2 atom stereocenters. The summed E-state index contributed by atoms with van der Waals surface area (Å²) >= 11 is 0. The second-order valence-corrected chi connectivity index (χ2v) is 5.47. The summed E-state index contributed by atoms with van der Waals surface area (Å²) < 4.78 is 16.4. The van der Waals surface area contributed by atoms with E-state index in [1.54, 1.807) is 14.2 Å². The van der Waals surface area contributed by atoms with Crippen LogP contribution < -0.4 is 15.2 Å². The first-order chi connectivity index (χ1) is 10.2. The van der Waals surface area contributed by atoms with Crippen LogP contribution in [0, 0.1) is 0 Å². The average Bonchev–Trinajstić information content (AvgIpc) is 3.00. The van der Waals surface area contributed by atoms with Crippen molar-refractivity contribution in [1.29, 1.82) is 0 Å². The molecule has 0 amide bonds. The van der Waals surface area contributed by atoms with Gasteiger partial charge in [0, 0.05) is 31.8 Å². The maximum Gasteiger partial charge on any atom is 0.122 e. The fourth-order valence-corrected chi connectivity index (χ4v) is 2.83. The first-order valence-corrected chi connectivity index (χ1v) is 7.42. The normalized spacial score (nSPS) is 19.8. The summed E-state index contributed by atoms with van der Waals surface area (Å²) in [7, 11) is 5.41. The Bertz CT molecular complexity index is 425. The van der Waals surface area contributed by atoms with Crippen LogP contribution in [0.1, 0.15) is 24.4 Å². The molecule has 118 valence electrons. The number of hydrogen-bond donors (Lipinski definition) is 1. The number of nitrogens with zero attached hydrogens (tertiary/aromatic N) is 1. The summed E-state index contributed by atoms with van der Waals surface area (Å²) in [5.74, 6) is 1.57. The fraction of sp³-hybridized carbons (Fsp3) is 0.625. The largest absolute Gasteiger partial charge is 0.497 e. The third-order valence-corrected chi connectivity index (χ3v) is 4.03. The summed E-state index contributed by atoms with van der Waals surface area (Å²) in [5, 5.41) is 0. The monoisotopic (exact) mass is 294 g/mol. The fourth-order valence-electron chi connectivity index (χ4n) is 2.83. The molecule has 1 heterocycles. The van der Waals surface area contributed by atoms with Crippen LogP contribution in [-0.4, -0.2) is 52.0 Å². The Labute approximate surface area is 127 Å². The Morgan fingerprint density at radius 3 is 2.43 bits per heavy atom. The molecule has 0 radical (unpaired) electrons. The molecule has 2 N–H and O–H groups in total. The van der Waals surface area contributed by atoms with Crippen LogP contribution in [0.2, 0.25) is 0 Å². The standard InChI is InChI=1S/C16H26N2O3/c1-18(11-13-5-4-6-21-13)16(10-17)12-7-14(19-2)9-15(8-12)20-3/h7-9,13,16H,4-6,10-11,17H2,1-3H3. The molecule has 1 saturated heterocycles. The highest BCUT2D eigenvalue weighted by Crippen LogP contribution is 2.29. The molecule has 0 bridgehead atoms. The van der Waals surface area contributed by atoms with Gasteiger partial charge in [0.05, 0.1) is 20.3 Å². The lowest BCUT2D eigenvalue weighted by Gasteiger charge is -2.29. The highest BCUT2D eigenvalue weighted by molar-refractivity contribution is 5.40. The lowest BCUT2D eigenvalue weighted by Crippen LogP contribution is -2.36. The number of methoxy groups -OCH3 is 2. The summed E-state index contributed by atoms with van der Waals surface area (Å²) in [5.41, 5.74) is 7.10. The van der Waals surface area contributed by atoms with Gasteiger partial charge in [-0.15, -0.1) is 0 Å². The predicted molar refractivity (Wildman–Crippen MR) is 82.9 cm³/mol. The minimum absolute atomic E-state index is 0.123. The van der Waals surface area contributed by atoms with E-state index in [1.807, 2.05) is 18.2 Å². The molecule has 1 aliphatic heterocycles. The molecule has 1 aliphatic rings. The van der Waals surface area contributed by atoms with E-state index in [4.69, 9.17) is 19.9 Å². The van der Waals surface area contributed by atoms with Crippen molar-refractivity contribution in [2.24, 2.45) is 5.73 Å². The molecule has 2 rings (SSSR count). The van der Waals surface area contributed by atoms with Crippen LogP contribution in [-0.2, 0) is 4.74 Å². The SMILES string of the molecule is COc1cc(OC)cc(C(CN)N(C)CC2CCCO2)c1. The van der Waals surface area contributed by atoms with Gasteiger partial charge in [0.15, 0.2) is 0 Å². The molecule has 21 heavy (non-hydrogen) atoms. The molecule has 0 saturated carbocycles. The second kappa shape index (κ2) is 7.64. The van der Waals surface area contributed by atoms with E-state index in [1.165, 1.54) is 0 Å². The first kappa shape index (κ1) is 16.1. The number of rotatable bonds is 7. The van der Waals surface area contributed by atoms with Crippen LogP contribution in [0.3, 0.4) is 0 Å². The molecule has 1 aromatic rings. The van der Waals surface area contributed by atoms with Crippen LogP contribution in [0.25, 0.3) is 0 Å². The molecule has 1 fully saturated rings. The zero-order valence-electron chi connectivity index (χ0n) is 13.2. The van der Waals surface area contributed by atoms with E-state index in [9.17, 15) is 0 Å². The topological polar surface area (TPSA) is 57.0 Å². The number of hydrogen-bond acceptors (Lipinski definition) is 5. The first-order valence-electron chi connectivity index (χ1n) is 7.42. The van der Waals surface area contributed by atoms with Gasteiger partial charge in [-0.1, -0.05) is 0 Å². The van der Waals surface area contributed by atoms with E-state index in [0.29, 0.717) is 12.6 Å². The summed E-state index contributed by atoms with van der Waals surface area (Å²) in [6, 6.07) is 6.04. The van der Waals surface area contributed by atoms with Crippen molar-refractivity contribution in [3.05, 3.63) is 23.8 Å². The predicted octanol–water partition coefficient (Wildman–Crippen LogP) is 1.81. The number of benzene rings is 1. The summed E-state index contributed by atoms with van der Waals surface area (Å²) in [6.45, 7) is 2.31. The van der Waals surface area contributed by atoms with Crippen molar-refractivity contribution < 1.29 is 14.2 Å². The van der Waals surface area contributed by atoms with Gasteiger partial charge in [0.1, 0.15) is 11.5 Å². The van der Waals surface area contributed by atoms with Crippen molar-refractivity contribution in [2.75, 3.05) is 41.0 Å². The molecular weight excluding hydrogens is 268 g/mol. The van der Waals surface area contributed by atoms with Crippen molar-refractivity contribution in [3.8, 4) is 11.5 Å². The van der Waals surface area contributed by atoms with Gasteiger partial charge < -0.3 is 19.9 Å². The Hall–Kier alpha value is -1.30. The zero-order valence-corrected chi connectivity index (χ0v) is 13.2. The molecular formula is C16H26N2O3. The van der Waals surface area contributed by atoms with Gasteiger partial charge in [-0.25, -0.2) is 0 Å². The number of ether oxygens (including phenoxy) is 3. The van der Waals surface area contributed by atoms with Gasteiger partial charge in [-0.05, 0) is 37.6 Å². The van der Waals surface area contributed by atoms with Gasteiger partial charge in [0.2, 0.25) is 0 Å². The molecule has 0 spiro atoms. The van der Waals surface area contributed by atoms with Crippen molar-refractivity contribution in [1.82, 2.24) is 4.90 Å². The summed E-state index contributed by atoms with van der Waals surface area (Å²) in [6.07, 6.45) is 2.60. The molecule has 0 aromatic heterocycles. The number of likely N-dealkylation sites (N-methyl/N-ethyl adjacent to an activating group) is 1. The third-order valence-electron chi connectivity index (χ3n) is 4.03. The van der Waals surface area contributed by atoms with Crippen molar-refractivity contribution in [2.45, 2.75) is 25.0 Å². The quantitative estimate of drug-likeness (QED) is 0.831. The molecule has 1 aromatic carbocycles. The van der Waals surface area contributed by atoms with E-state index in [2.05, 4.69) is 11.9 Å². The van der Waals surface area contributed by atoms with Crippen LogP contribution in [0.5, 0.6) is 11.5 Å². The van der Waals surface area contributed by atoms with E-state index in [-0.39, 0.29) is 6.04 Å². The minimum Gasteiger partial charge on any atom is -0.497 e. The number of nitrogens with two attached hydrogens (primary N) is 1. The Balaban J connectivity index is 2.14. The maximum absolute atomic E-state index is 6.00. The zero-order chi connectivity index (χ0) is 15.2. The molecule has 5 nitrogen and oxygen atoms in total. The minimum atomic E-state index is 0.123.